The third kappa shape index (κ3) is 2.77. The normalized spacial score (nSPS) is 18.4. The van der Waals surface area contributed by atoms with E-state index in [-0.39, 0.29) is 29.9 Å². The molecule has 0 bridgehead atoms. The summed E-state index contributed by atoms with van der Waals surface area (Å²) in [4.78, 5) is 34.5. The van der Waals surface area contributed by atoms with Crippen LogP contribution in [0, 0.1) is 11.3 Å². The Hall–Kier alpha value is -2.68. The van der Waals surface area contributed by atoms with Gasteiger partial charge in [0.2, 0.25) is 11.8 Å². The summed E-state index contributed by atoms with van der Waals surface area (Å²) in [7, 11) is 0. The lowest BCUT2D eigenvalue weighted by molar-refractivity contribution is -0.134. The molecule has 1 fully saturated rings. The zero-order chi connectivity index (χ0) is 13.8. The van der Waals surface area contributed by atoms with E-state index in [1.807, 2.05) is 6.07 Å². The first-order chi connectivity index (χ1) is 9.11. The fourth-order valence-electron chi connectivity index (χ4n) is 1.85. The molecule has 1 atom stereocenters. The van der Waals surface area contributed by atoms with Crippen LogP contribution in [0.3, 0.4) is 0 Å². The number of benzene rings is 1. The first-order valence-electron chi connectivity index (χ1n) is 5.75. The molecule has 1 aliphatic heterocycles. The Balaban J connectivity index is 2.11. The molecule has 96 valence electrons. The largest absolute Gasteiger partial charge is 0.340 e. The number of hydrogen-bond donors (Lipinski definition) is 2. The Morgan fingerprint density at radius 1 is 1.37 bits per heavy atom. The lowest BCUT2D eigenvalue weighted by atomic mass is 10.0. The number of rotatable bonds is 2. The van der Waals surface area contributed by atoms with E-state index in [4.69, 9.17) is 5.26 Å². The van der Waals surface area contributed by atoms with Crippen LogP contribution < -0.4 is 10.6 Å². The van der Waals surface area contributed by atoms with Gasteiger partial charge in [-0.2, -0.15) is 5.26 Å². The van der Waals surface area contributed by atoms with E-state index in [2.05, 4.69) is 10.6 Å². The van der Waals surface area contributed by atoms with E-state index in [1.54, 1.807) is 12.1 Å². The molecule has 1 aromatic carbocycles. The minimum absolute atomic E-state index is 0.191. The van der Waals surface area contributed by atoms with Crippen molar-refractivity contribution in [3.63, 3.8) is 0 Å². The Kier molecular flexibility index (Phi) is 3.57. The van der Waals surface area contributed by atoms with Crippen molar-refractivity contribution in [1.82, 2.24) is 10.6 Å². The maximum atomic E-state index is 12.0. The van der Waals surface area contributed by atoms with Gasteiger partial charge < -0.3 is 5.32 Å². The number of nitrogens with one attached hydrogen (secondary N) is 2. The van der Waals surface area contributed by atoms with Gasteiger partial charge >= 0.3 is 0 Å². The minimum atomic E-state index is -0.739. The molecule has 0 saturated carbocycles. The van der Waals surface area contributed by atoms with E-state index < -0.39 is 17.9 Å². The van der Waals surface area contributed by atoms with Crippen molar-refractivity contribution in [3.8, 4) is 6.07 Å². The van der Waals surface area contributed by atoms with Crippen molar-refractivity contribution in [1.29, 1.82) is 5.26 Å². The molecule has 1 aliphatic rings. The van der Waals surface area contributed by atoms with Crippen LogP contribution in [-0.4, -0.2) is 23.8 Å². The average Bonchev–Trinajstić information content (AvgIpc) is 2.41. The van der Waals surface area contributed by atoms with Gasteiger partial charge in [0.25, 0.3) is 5.91 Å². The van der Waals surface area contributed by atoms with Crippen LogP contribution in [0.5, 0.6) is 0 Å². The Bertz CT molecular complexity index is 589. The van der Waals surface area contributed by atoms with Gasteiger partial charge in [0, 0.05) is 6.42 Å². The third-order valence-electron chi connectivity index (χ3n) is 2.84. The highest BCUT2D eigenvalue weighted by Gasteiger charge is 2.28. The predicted octanol–water partition coefficient (Wildman–Crippen LogP) is 0.0933. The molecule has 1 aromatic rings. The van der Waals surface area contributed by atoms with Crippen LogP contribution in [0.25, 0.3) is 0 Å². The van der Waals surface area contributed by atoms with Crippen LogP contribution in [0.4, 0.5) is 0 Å². The topological polar surface area (TPSA) is 99.1 Å². The average molecular weight is 257 g/mol. The first kappa shape index (κ1) is 12.8. The number of amides is 3. The molecule has 0 radical (unpaired) electrons. The fraction of sp³-hybridized carbons (Fsp3) is 0.231. The molecule has 0 aliphatic carbocycles. The van der Waals surface area contributed by atoms with Crippen LogP contribution in [0.2, 0.25) is 0 Å². The second-order valence-corrected chi connectivity index (χ2v) is 4.13. The van der Waals surface area contributed by atoms with E-state index >= 15 is 0 Å². The first-order valence-corrected chi connectivity index (χ1v) is 5.75. The van der Waals surface area contributed by atoms with Gasteiger partial charge in [-0.25, -0.2) is 0 Å². The van der Waals surface area contributed by atoms with Crippen molar-refractivity contribution in [2.45, 2.75) is 18.9 Å². The van der Waals surface area contributed by atoms with E-state index in [0.717, 1.165) is 0 Å². The molecule has 19 heavy (non-hydrogen) atoms. The summed E-state index contributed by atoms with van der Waals surface area (Å²) in [6, 6.07) is 7.51. The van der Waals surface area contributed by atoms with Crippen LogP contribution in [-0.2, 0) is 9.59 Å². The standard InChI is InChI=1S/C13H11N3O3/c14-7-8-3-1-2-4-9(8)12(18)15-10-5-6-11(17)16-13(10)19/h1-4,10H,5-6H2,(H,15,18)(H,16,17,19). The maximum Gasteiger partial charge on any atom is 0.253 e. The maximum absolute atomic E-state index is 12.0. The number of carbonyl (C=O) groups is 3. The van der Waals surface area contributed by atoms with Gasteiger partial charge in [-0.05, 0) is 18.6 Å². The number of piperidine rings is 1. The number of nitrogens with zero attached hydrogens (tertiary/aromatic N) is 1. The summed E-state index contributed by atoms with van der Waals surface area (Å²) in [5.41, 5.74) is 0.460. The van der Waals surface area contributed by atoms with Gasteiger partial charge in [-0.1, -0.05) is 12.1 Å². The number of nitriles is 1. The SMILES string of the molecule is N#Cc1ccccc1C(=O)NC1CCC(=O)NC1=O. The van der Waals surface area contributed by atoms with E-state index in [0.29, 0.717) is 0 Å². The molecule has 6 heteroatoms. The van der Waals surface area contributed by atoms with Crippen molar-refractivity contribution in [3.05, 3.63) is 35.4 Å². The molecule has 2 N–H and O–H groups in total. The molecule has 0 aromatic heterocycles. The molecule has 2 rings (SSSR count). The molecular formula is C13H11N3O3. The molecule has 1 saturated heterocycles. The van der Waals surface area contributed by atoms with Crippen molar-refractivity contribution in [2.24, 2.45) is 0 Å². The third-order valence-corrected chi connectivity index (χ3v) is 2.84. The molecule has 1 heterocycles. The number of imide groups is 1. The molecule has 3 amide bonds. The van der Waals surface area contributed by atoms with Gasteiger partial charge in [-0.15, -0.1) is 0 Å². The van der Waals surface area contributed by atoms with Crippen molar-refractivity contribution < 1.29 is 14.4 Å². The molecule has 6 nitrogen and oxygen atoms in total. The van der Waals surface area contributed by atoms with Crippen molar-refractivity contribution in [2.75, 3.05) is 0 Å². The van der Waals surface area contributed by atoms with Gasteiger partial charge in [0.15, 0.2) is 0 Å². The Morgan fingerprint density at radius 2 is 2.11 bits per heavy atom. The van der Waals surface area contributed by atoms with Crippen LogP contribution in [0.15, 0.2) is 24.3 Å². The molecular weight excluding hydrogens is 246 g/mol. The van der Waals surface area contributed by atoms with Gasteiger partial charge in [-0.3, -0.25) is 19.7 Å². The monoisotopic (exact) mass is 257 g/mol. The zero-order valence-electron chi connectivity index (χ0n) is 9.97. The fourth-order valence-corrected chi connectivity index (χ4v) is 1.85. The van der Waals surface area contributed by atoms with E-state index in [1.165, 1.54) is 12.1 Å². The summed E-state index contributed by atoms with van der Waals surface area (Å²) < 4.78 is 0. The lowest BCUT2D eigenvalue weighted by Crippen LogP contribution is -2.52. The summed E-state index contributed by atoms with van der Waals surface area (Å²) >= 11 is 0. The van der Waals surface area contributed by atoms with Crippen LogP contribution >= 0.6 is 0 Å². The van der Waals surface area contributed by atoms with Gasteiger partial charge in [0.05, 0.1) is 17.2 Å². The highest BCUT2D eigenvalue weighted by Crippen LogP contribution is 2.10. The van der Waals surface area contributed by atoms with Gasteiger partial charge in [0.1, 0.15) is 6.04 Å². The molecule has 1 unspecified atom stereocenters. The second kappa shape index (κ2) is 5.31. The second-order valence-electron chi connectivity index (χ2n) is 4.13. The minimum Gasteiger partial charge on any atom is -0.340 e. The highest BCUT2D eigenvalue weighted by atomic mass is 16.2. The quantitative estimate of drug-likeness (QED) is 0.733. The van der Waals surface area contributed by atoms with Crippen molar-refractivity contribution >= 4 is 17.7 Å². The summed E-state index contributed by atoms with van der Waals surface area (Å²) in [5.74, 6) is -1.35. The van der Waals surface area contributed by atoms with Crippen LogP contribution in [0.1, 0.15) is 28.8 Å². The highest BCUT2D eigenvalue weighted by molar-refractivity contribution is 6.04. The Morgan fingerprint density at radius 3 is 2.79 bits per heavy atom. The summed E-state index contributed by atoms with van der Waals surface area (Å²) in [6.07, 6.45) is 0.460. The number of hydrogen-bond acceptors (Lipinski definition) is 4. The predicted molar refractivity (Wildman–Crippen MR) is 64.8 cm³/mol. The lowest BCUT2D eigenvalue weighted by Gasteiger charge is -2.21. The van der Waals surface area contributed by atoms with E-state index in [9.17, 15) is 14.4 Å². The Labute approximate surface area is 109 Å². The number of carbonyl (C=O) groups excluding carboxylic acids is 3. The smallest absolute Gasteiger partial charge is 0.253 e. The summed E-state index contributed by atoms with van der Waals surface area (Å²) in [6.45, 7) is 0. The zero-order valence-corrected chi connectivity index (χ0v) is 9.97. The summed E-state index contributed by atoms with van der Waals surface area (Å²) in [5, 5.41) is 13.6. The molecule has 0 spiro atoms.